The lowest BCUT2D eigenvalue weighted by molar-refractivity contribution is -0.114. The van der Waals surface area contributed by atoms with Crippen LogP contribution in [-0.4, -0.2) is 64.7 Å². The summed E-state index contributed by atoms with van der Waals surface area (Å²) in [5, 5.41) is 0.434. The van der Waals surface area contributed by atoms with E-state index in [0.29, 0.717) is 41.9 Å². The van der Waals surface area contributed by atoms with Crippen molar-refractivity contribution in [1.82, 2.24) is 14.8 Å². The molecule has 1 aliphatic heterocycles. The predicted molar refractivity (Wildman–Crippen MR) is 125 cm³/mol. The molecule has 2 aromatic carbocycles. The minimum absolute atomic E-state index is 0.0687. The van der Waals surface area contributed by atoms with E-state index >= 15 is 0 Å². The number of benzene rings is 2. The Hall–Kier alpha value is -3.72. The quantitative estimate of drug-likeness (QED) is 0.429. The highest BCUT2D eigenvalue weighted by molar-refractivity contribution is 6.44. The van der Waals surface area contributed by atoms with Crippen molar-refractivity contribution in [3.8, 4) is 5.75 Å². The van der Waals surface area contributed by atoms with Crippen molar-refractivity contribution in [1.29, 1.82) is 0 Å². The van der Waals surface area contributed by atoms with Gasteiger partial charge in [-0.3, -0.25) is 19.3 Å². The maximum Gasteiger partial charge on any atom is 0.289 e. The molecular formula is C25H27FN4O4. The molecule has 0 saturated carbocycles. The van der Waals surface area contributed by atoms with Crippen molar-refractivity contribution in [2.45, 2.75) is 32.5 Å². The lowest BCUT2D eigenvalue weighted by Gasteiger charge is -2.44. The second-order valence-electron chi connectivity index (χ2n) is 8.71. The summed E-state index contributed by atoms with van der Waals surface area (Å²) in [6.45, 7) is 5.81. The van der Waals surface area contributed by atoms with Crippen molar-refractivity contribution in [2.24, 2.45) is 5.73 Å². The number of fused-ring (bicyclic) bond motifs is 1. The van der Waals surface area contributed by atoms with E-state index in [9.17, 15) is 18.8 Å². The van der Waals surface area contributed by atoms with Gasteiger partial charge in [0.2, 0.25) is 0 Å². The number of hydrogen-bond donors (Lipinski definition) is 2. The number of ketones is 1. The van der Waals surface area contributed by atoms with Gasteiger partial charge >= 0.3 is 0 Å². The normalized spacial score (nSPS) is 18.8. The number of ether oxygens (including phenoxy) is 1. The molecule has 3 N–H and O–H groups in total. The molecule has 8 nitrogen and oxygen atoms in total. The molecular weight excluding hydrogens is 439 g/mol. The summed E-state index contributed by atoms with van der Waals surface area (Å²) < 4.78 is 18.7. The molecule has 0 aliphatic carbocycles. The number of nitrogens with two attached hydrogens (primary N) is 1. The minimum Gasteiger partial charge on any atom is -0.496 e. The first-order chi connectivity index (χ1) is 16.2. The summed E-state index contributed by atoms with van der Waals surface area (Å²) in [4.78, 5) is 44.2. The van der Waals surface area contributed by atoms with E-state index in [2.05, 4.69) is 9.88 Å². The topological polar surface area (TPSA) is 109 Å². The number of aromatic amines is 1. The van der Waals surface area contributed by atoms with Crippen molar-refractivity contribution in [3.05, 3.63) is 65.1 Å². The summed E-state index contributed by atoms with van der Waals surface area (Å²) in [7, 11) is 1.48. The third kappa shape index (κ3) is 4.38. The lowest BCUT2D eigenvalue weighted by Crippen LogP contribution is -2.57. The average molecular weight is 467 g/mol. The van der Waals surface area contributed by atoms with Crippen LogP contribution in [0.2, 0.25) is 0 Å². The summed E-state index contributed by atoms with van der Waals surface area (Å²) in [6.07, 6.45) is 1.41. The van der Waals surface area contributed by atoms with E-state index in [1.807, 2.05) is 13.8 Å². The van der Waals surface area contributed by atoms with E-state index in [0.717, 1.165) is 5.56 Å². The molecule has 4 rings (SSSR count). The minimum atomic E-state index is -1.07. The first-order valence-electron chi connectivity index (χ1n) is 11.0. The third-order valence-corrected chi connectivity index (χ3v) is 6.38. The van der Waals surface area contributed by atoms with Crippen LogP contribution in [0.3, 0.4) is 0 Å². The van der Waals surface area contributed by atoms with Gasteiger partial charge in [0.1, 0.15) is 11.6 Å². The molecule has 9 heteroatoms. The number of methoxy groups -OCH3 is 1. The van der Waals surface area contributed by atoms with E-state index in [-0.39, 0.29) is 29.4 Å². The maximum atomic E-state index is 13.6. The number of carbonyl (C=O) groups excluding carboxylic acids is 3. The van der Waals surface area contributed by atoms with Crippen LogP contribution in [0.1, 0.15) is 40.1 Å². The van der Waals surface area contributed by atoms with Crippen LogP contribution in [0.5, 0.6) is 5.75 Å². The Labute approximate surface area is 196 Å². The number of H-pyrrole nitrogens is 1. The number of halogens is 1. The highest BCUT2D eigenvalue weighted by atomic mass is 19.1. The molecule has 1 aliphatic rings. The average Bonchev–Trinajstić information content (AvgIpc) is 3.23. The number of hydrogen-bond acceptors (Lipinski definition) is 5. The lowest BCUT2D eigenvalue weighted by atomic mass is 10.0. The number of rotatable bonds is 6. The molecule has 3 aromatic rings. The molecule has 0 bridgehead atoms. The fourth-order valence-corrected chi connectivity index (χ4v) is 4.49. The number of nitrogens with zero attached hydrogens (tertiary/aromatic N) is 2. The molecule has 2 heterocycles. The van der Waals surface area contributed by atoms with Crippen LogP contribution in [0.4, 0.5) is 4.39 Å². The van der Waals surface area contributed by atoms with Crippen LogP contribution < -0.4 is 10.5 Å². The fourth-order valence-electron chi connectivity index (χ4n) is 4.49. The number of carbonyl (C=O) groups is 3. The number of Topliss-reactive ketones (excluding diaryl/α,β-unsaturated/α-hetero) is 1. The van der Waals surface area contributed by atoms with Crippen LogP contribution in [0.25, 0.3) is 10.9 Å². The summed E-state index contributed by atoms with van der Waals surface area (Å²) in [5.74, 6) is -2.02. The zero-order chi connectivity index (χ0) is 24.6. The number of primary amides is 1. The summed E-state index contributed by atoms with van der Waals surface area (Å²) >= 11 is 0. The van der Waals surface area contributed by atoms with E-state index in [1.165, 1.54) is 25.4 Å². The fraction of sp³-hybridized carbons (Fsp3) is 0.320. The maximum absolute atomic E-state index is 13.6. The Balaban J connectivity index is 1.60. The molecule has 0 spiro atoms. The predicted octanol–water partition coefficient (Wildman–Crippen LogP) is 2.72. The van der Waals surface area contributed by atoms with Crippen LogP contribution in [0.15, 0.2) is 42.6 Å². The monoisotopic (exact) mass is 466 g/mol. The number of aromatic nitrogens is 1. The molecule has 0 radical (unpaired) electrons. The second-order valence-corrected chi connectivity index (χ2v) is 8.71. The Morgan fingerprint density at radius 1 is 1.09 bits per heavy atom. The van der Waals surface area contributed by atoms with Crippen LogP contribution >= 0.6 is 0 Å². The number of piperazine rings is 1. The van der Waals surface area contributed by atoms with E-state index in [1.54, 1.807) is 29.2 Å². The van der Waals surface area contributed by atoms with Gasteiger partial charge in [-0.2, -0.15) is 0 Å². The number of nitrogens with one attached hydrogen (secondary N) is 1. The van der Waals surface area contributed by atoms with Gasteiger partial charge in [0.25, 0.3) is 17.6 Å². The molecule has 1 saturated heterocycles. The van der Waals surface area contributed by atoms with E-state index in [4.69, 9.17) is 10.5 Å². The van der Waals surface area contributed by atoms with E-state index < -0.39 is 11.7 Å². The highest BCUT2D eigenvalue weighted by Gasteiger charge is 2.34. The third-order valence-electron chi connectivity index (χ3n) is 6.38. The Morgan fingerprint density at radius 3 is 2.44 bits per heavy atom. The standard InChI is InChI=1S/C25H27FN4O4/c1-14-12-30(15(2)11-29(14)13-16-4-6-17(26)7-5-16)25(33)19-8-18-20(23(31)24(27)32)10-28-21(18)9-22(19)34-3/h4-10,14-15,28H,11-13H2,1-3H3,(H2,27,32)/t14-,15+/m0/s1. The first kappa shape index (κ1) is 23.4. The Bertz CT molecular complexity index is 1250. The van der Waals surface area contributed by atoms with Gasteiger partial charge in [-0.1, -0.05) is 12.1 Å². The Kier molecular flexibility index (Phi) is 6.39. The zero-order valence-electron chi connectivity index (χ0n) is 19.3. The first-order valence-corrected chi connectivity index (χ1v) is 11.0. The molecule has 1 fully saturated rings. The van der Waals surface area contributed by atoms with Crippen molar-refractivity contribution >= 4 is 28.5 Å². The Morgan fingerprint density at radius 2 is 1.79 bits per heavy atom. The van der Waals surface area contributed by atoms with Crippen molar-refractivity contribution in [2.75, 3.05) is 20.2 Å². The van der Waals surface area contributed by atoms with Gasteiger partial charge in [0, 0.05) is 54.9 Å². The molecule has 2 amide bonds. The SMILES string of the molecule is COc1cc2[nH]cc(C(=O)C(N)=O)c2cc1C(=O)N1C[C@H](C)N(Cc2ccc(F)cc2)C[C@H]1C. The van der Waals surface area contributed by atoms with Gasteiger partial charge in [-0.15, -0.1) is 0 Å². The van der Waals surface area contributed by atoms with Crippen molar-refractivity contribution in [3.63, 3.8) is 0 Å². The summed E-state index contributed by atoms with van der Waals surface area (Å²) in [5.41, 5.74) is 7.16. The van der Waals surface area contributed by atoms with Crippen molar-refractivity contribution < 1.29 is 23.5 Å². The van der Waals surface area contributed by atoms with Gasteiger partial charge < -0.3 is 20.4 Å². The smallest absolute Gasteiger partial charge is 0.289 e. The molecule has 178 valence electrons. The number of amides is 2. The van der Waals surface area contributed by atoms with Gasteiger partial charge in [-0.05, 0) is 37.6 Å². The molecule has 0 unspecified atom stereocenters. The van der Waals surface area contributed by atoms with Crippen LogP contribution in [-0.2, 0) is 11.3 Å². The van der Waals surface area contributed by atoms with Gasteiger partial charge in [-0.25, -0.2) is 4.39 Å². The highest BCUT2D eigenvalue weighted by Crippen LogP contribution is 2.30. The molecule has 2 atom stereocenters. The van der Waals surface area contributed by atoms with Gasteiger partial charge in [0.15, 0.2) is 0 Å². The second kappa shape index (κ2) is 9.26. The van der Waals surface area contributed by atoms with Gasteiger partial charge in [0.05, 0.1) is 18.2 Å². The zero-order valence-corrected chi connectivity index (χ0v) is 19.3. The molecule has 1 aromatic heterocycles. The summed E-state index contributed by atoms with van der Waals surface area (Å²) in [6, 6.07) is 9.62. The molecule has 34 heavy (non-hydrogen) atoms. The van der Waals surface area contributed by atoms with Crippen LogP contribution in [0, 0.1) is 5.82 Å². The largest absolute Gasteiger partial charge is 0.496 e.